The second kappa shape index (κ2) is 8.24. The fourth-order valence-corrected chi connectivity index (χ4v) is 4.13. The topological polar surface area (TPSA) is 99.3 Å². The zero-order valence-electron chi connectivity index (χ0n) is 15.3. The molecule has 0 radical (unpaired) electrons. The molecule has 0 atom stereocenters. The summed E-state index contributed by atoms with van der Waals surface area (Å²) in [5.41, 5.74) is 4.08. The maximum Gasteiger partial charge on any atom is 0.416 e. The predicted molar refractivity (Wildman–Crippen MR) is 103 cm³/mol. The first-order chi connectivity index (χ1) is 13.7. The summed E-state index contributed by atoms with van der Waals surface area (Å²) < 4.78 is 40.9. The molecule has 1 aromatic carbocycles. The lowest BCUT2D eigenvalue weighted by Gasteiger charge is -2.33. The Balaban J connectivity index is 1.79. The largest absolute Gasteiger partial charge is 0.416 e. The molecule has 1 saturated heterocycles. The van der Waals surface area contributed by atoms with E-state index < -0.39 is 23.6 Å². The van der Waals surface area contributed by atoms with Crippen LogP contribution < -0.4 is 11.1 Å². The van der Waals surface area contributed by atoms with E-state index in [0.29, 0.717) is 30.8 Å². The SMILES string of the molecule is N=C(N)NC(=O)c1ccc(C2CCN(C(=O)c3cccs3)CC2)c(C(F)(F)F)c1. The van der Waals surface area contributed by atoms with Crippen LogP contribution in [-0.4, -0.2) is 35.8 Å². The molecule has 0 spiro atoms. The van der Waals surface area contributed by atoms with Crippen molar-refractivity contribution >= 4 is 29.1 Å². The standard InChI is InChI=1S/C19H19F3N4O2S/c20-19(21,22)14-10-12(16(27)25-18(23)24)3-4-13(14)11-5-7-26(8-6-11)17(28)15-2-1-9-29-15/h1-4,9-11H,5-8H2,(H4,23,24,25,27). The van der Waals surface area contributed by atoms with Crippen molar-refractivity contribution in [3.63, 3.8) is 0 Å². The summed E-state index contributed by atoms with van der Waals surface area (Å²) in [6.45, 7) is 0.733. The number of hydrogen-bond donors (Lipinski definition) is 3. The molecule has 0 saturated carbocycles. The number of piperidine rings is 1. The number of guanidine groups is 1. The maximum atomic E-state index is 13.6. The van der Waals surface area contributed by atoms with Crippen LogP contribution in [0.2, 0.25) is 0 Å². The molecule has 10 heteroatoms. The fourth-order valence-electron chi connectivity index (χ4n) is 3.44. The highest BCUT2D eigenvalue weighted by molar-refractivity contribution is 7.12. The number of rotatable bonds is 3. The summed E-state index contributed by atoms with van der Waals surface area (Å²) in [6, 6.07) is 6.90. The van der Waals surface area contributed by atoms with E-state index in [1.807, 2.05) is 5.32 Å². The zero-order chi connectivity index (χ0) is 21.2. The van der Waals surface area contributed by atoms with Gasteiger partial charge in [0.15, 0.2) is 5.96 Å². The van der Waals surface area contributed by atoms with Gasteiger partial charge in [0.25, 0.3) is 11.8 Å². The van der Waals surface area contributed by atoms with Gasteiger partial charge in [-0.25, -0.2) is 0 Å². The van der Waals surface area contributed by atoms with Crippen LogP contribution in [0.15, 0.2) is 35.7 Å². The Hall–Kier alpha value is -2.88. The van der Waals surface area contributed by atoms with Crippen molar-refractivity contribution < 1.29 is 22.8 Å². The van der Waals surface area contributed by atoms with Gasteiger partial charge in [-0.2, -0.15) is 13.2 Å². The van der Waals surface area contributed by atoms with Crippen LogP contribution >= 0.6 is 11.3 Å². The molecule has 29 heavy (non-hydrogen) atoms. The van der Waals surface area contributed by atoms with Crippen LogP contribution in [0, 0.1) is 5.41 Å². The van der Waals surface area contributed by atoms with Gasteiger partial charge < -0.3 is 10.6 Å². The van der Waals surface area contributed by atoms with E-state index in [9.17, 15) is 22.8 Å². The van der Waals surface area contributed by atoms with E-state index in [2.05, 4.69) is 0 Å². The number of hydrogen-bond acceptors (Lipinski definition) is 4. The van der Waals surface area contributed by atoms with Crippen LogP contribution in [-0.2, 0) is 6.18 Å². The molecule has 0 aliphatic carbocycles. The average Bonchev–Trinajstić information content (AvgIpc) is 3.20. The van der Waals surface area contributed by atoms with E-state index in [1.165, 1.54) is 23.5 Å². The van der Waals surface area contributed by atoms with Gasteiger partial charge in [0.05, 0.1) is 10.4 Å². The number of alkyl halides is 3. The first-order valence-electron chi connectivity index (χ1n) is 8.86. The maximum absolute atomic E-state index is 13.6. The van der Waals surface area contributed by atoms with Gasteiger partial charge in [-0.1, -0.05) is 12.1 Å². The number of likely N-dealkylation sites (tertiary alicyclic amines) is 1. The van der Waals surface area contributed by atoms with Gasteiger partial charge >= 0.3 is 6.18 Å². The molecule has 0 unspecified atom stereocenters. The summed E-state index contributed by atoms with van der Waals surface area (Å²) in [7, 11) is 0. The van der Waals surface area contributed by atoms with E-state index in [4.69, 9.17) is 11.1 Å². The molecule has 6 nitrogen and oxygen atoms in total. The van der Waals surface area contributed by atoms with Crippen molar-refractivity contribution in [3.05, 3.63) is 57.3 Å². The van der Waals surface area contributed by atoms with Crippen molar-refractivity contribution in [2.45, 2.75) is 24.9 Å². The summed E-state index contributed by atoms with van der Waals surface area (Å²) in [5, 5.41) is 10.8. The molecule has 1 fully saturated rings. The Morgan fingerprint density at radius 3 is 2.45 bits per heavy atom. The number of nitrogens with zero attached hydrogens (tertiary/aromatic N) is 1. The zero-order valence-corrected chi connectivity index (χ0v) is 16.1. The van der Waals surface area contributed by atoms with Crippen molar-refractivity contribution in [1.82, 2.24) is 10.2 Å². The normalized spacial score (nSPS) is 15.2. The van der Waals surface area contributed by atoms with E-state index >= 15 is 0 Å². The van der Waals surface area contributed by atoms with Crippen molar-refractivity contribution in [3.8, 4) is 0 Å². The lowest BCUT2D eigenvalue weighted by atomic mass is 9.85. The van der Waals surface area contributed by atoms with Crippen LogP contribution in [0.25, 0.3) is 0 Å². The Morgan fingerprint density at radius 2 is 1.90 bits per heavy atom. The van der Waals surface area contributed by atoms with Gasteiger partial charge in [0.1, 0.15) is 0 Å². The first kappa shape index (κ1) is 20.8. The molecule has 0 bridgehead atoms. The molecule has 3 rings (SSSR count). The van der Waals surface area contributed by atoms with E-state index in [1.54, 1.807) is 22.4 Å². The first-order valence-corrected chi connectivity index (χ1v) is 9.74. The van der Waals surface area contributed by atoms with Crippen LogP contribution in [0.1, 0.15) is 49.9 Å². The minimum atomic E-state index is -4.63. The quantitative estimate of drug-likeness (QED) is 0.520. The van der Waals surface area contributed by atoms with Crippen molar-refractivity contribution in [1.29, 1.82) is 5.41 Å². The second-order valence-corrected chi connectivity index (χ2v) is 7.66. The Kier molecular flexibility index (Phi) is 5.92. The summed E-state index contributed by atoms with van der Waals surface area (Å²) in [5.74, 6) is -1.99. The highest BCUT2D eigenvalue weighted by Crippen LogP contribution is 2.39. The van der Waals surface area contributed by atoms with E-state index in [-0.39, 0.29) is 23.0 Å². The molecule has 2 aromatic rings. The van der Waals surface area contributed by atoms with E-state index in [0.717, 1.165) is 6.07 Å². The summed E-state index contributed by atoms with van der Waals surface area (Å²) in [4.78, 5) is 26.6. The third-order valence-corrected chi connectivity index (χ3v) is 5.68. The number of carbonyl (C=O) groups excluding carboxylic acids is 2. The Labute approximate surface area is 169 Å². The van der Waals surface area contributed by atoms with Gasteiger partial charge in [-0.05, 0) is 47.9 Å². The number of halogens is 3. The smallest absolute Gasteiger partial charge is 0.370 e. The number of thiophene rings is 1. The number of amides is 2. The van der Waals surface area contributed by atoms with Crippen LogP contribution in [0.3, 0.4) is 0 Å². The van der Waals surface area contributed by atoms with Gasteiger partial charge in [0, 0.05) is 18.7 Å². The molecule has 2 heterocycles. The summed E-state index contributed by atoms with van der Waals surface area (Å²) in [6.07, 6.45) is -3.83. The lowest BCUT2D eigenvalue weighted by Crippen LogP contribution is -2.38. The molecule has 4 N–H and O–H groups in total. The number of nitrogens with two attached hydrogens (primary N) is 1. The highest BCUT2D eigenvalue weighted by atomic mass is 32.1. The van der Waals surface area contributed by atoms with Crippen LogP contribution in [0.4, 0.5) is 13.2 Å². The van der Waals surface area contributed by atoms with Crippen LogP contribution in [0.5, 0.6) is 0 Å². The highest BCUT2D eigenvalue weighted by Gasteiger charge is 2.37. The van der Waals surface area contributed by atoms with Gasteiger partial charge in [-0.3, -0.25) is 20.3 Å². The lowest BCUT2D eigenvalue weighted by molar-refractivity contribution is -0.138. The predicted octanol–water partition coefficient (Wildman–Crippen LogP) is 3.41. The molecular formula is C19H19F3N4O2S. The molecular weight excluding hydrogens is 405 g/mol. The minimum absolute atomic E-state index is 0.106. The van der Waals surface area contributed by atoms with Gasteiger partial charge in [0.2, 0.25) is 0 Å². The fraction of sp³-hybridized carbons (Fsp3) is 0.316. The van der Waals surface area contributed by atoms with Crippen molar-refractivity contribution in [2.24, 2.45) is 5.73 Å². The monoisotopic (exact) mass is 424 g/mol. The third kappa shape index (κ3) is 4.76. The number of carbonyl (C=O) groups is 2. The second-order valence-electron chi connectivity index (χ2n) is 6.71. The molecule has 2 amide bonds. The molecule has 154 valence electrons. The Morgan fingerprint density at radius 1 is 1.21 bits per heavy atom. The van der Waals surface area contributed by atoms with Gasteiger partial charge in [-0.15, -0.1) is 11.3 Å². The minimum Gasteiger partial charge on any atom is -0.370 e. The average molecular weight is 424 g/mol. The third-order valence-electron chi connectivity index (χ3n) is 4.82. The van der Waals surface area contributed by atoms with Crippen molar-refractivity contribution in [2.75, 3.05) is 13.1 Å². The number of nitrogens with one attached hydrogen (secondary N) is 2. The molecule has 1 aliphatic heterocycles. The molecule has 1 aliphatic rings. The Bertz CT molecular complexity index is 920. The number of benzene rings is 1. The summed E-state index contributed by atoms with van der Waals surface area (Å²) >= 11 is 1.33. The molecule has 1 aromatic heterocycles.